The van der Waals surface area contributed by atoms with Crippen molar-refractivity contribution < 1.29 is 9.53 Å². The fourth-order valence-corrected chi connectivity index (χ4v) is 4.83. The fourth-order valence-electron chi connectivity index (χ4n) is 4.83. The summed E-state index contributed by atoms with van der Waals surface area (Å²) in [5, 5.41) is 0. The van der Waals surface area contributed by atoms with Crippen LogP contribution in [0.1, 0.15) is 40.3 Å². The third-order valence-electron chi connectivity index (χ3n) is 6.81. The third-order valence-corrected chi connectivity index (χ3v) is 6.81. The highest BCUT2D eigenvalue weighted by atomic mass is 16.5. The molecule has 0 spiro atoms. The highest BCUT2D eigenvalue weighted by Gasteiger charge is 2.28. The number of likely N-dealkylation sites (tertiary alicyclic amines) is 1. The molecule has 0 saturated carbocycles. The number of aryl methyl sites for hydroxylation is 1. The predicted octanol–water partition coefficient (Wildman–Crippen LogP) is 4.28. The third kappa shape index (κ3) is 5.11. The number of carbonyl (C=O) groups excluding carboxylic acids is 1. The van der Waals surface area contributed by atoms with E-state index in [1.807, 2.05) is 74.5 Å². The number of hydrogen-bond donors (Lipinski definition) is 0. The van der Waals surface area contributed by atoms with Gasteiger partial charge in [0.2, 0.25) is 0 Å². The zero-order valence-corrected chi connectivity index (χ0v) is 20.1. The van der Waals surface area contributed by atoms with E-state index in [9.17, 15) is 4.79 Å². The SMILES string of the molecule is COc1cccc(-n2c(C)cc(C(=O)N(C)C3CCN(CCc4ccccn4)CC3)c2C)c1. The summed E-state index contributed by atoms with van der Waals surface area (Å²) >= 11 is 0. The molecule has 1 aromatic carbocycles. The van der Waals surface area contributed by atoms with Gasteiger partial charge in [-0.2, -0.15) is 0 Å². The molecule has 0 unspecified atom stereocenters. The first-order valence-electron chi connectivity index (χ1n) is 11.7. The van der Waals surface area contributed by atoms with Crippen molar-refractivity contribution in [1.82, 2.24) is 19.4 Å². The van der Waals surface area contributed by atoms with Crippen LogP contribution in [0.15, 0.2) is 54.7 Å². The van der Waals surface area contributed by atoms with E-state index in [-0.39, 0.29) is 11.9 Å². The van der Waals surface area contributed by atoms with Crippen LogP contribution in [0.2, 0.25) is 0 Å². The van der Waals surface area contributed by atoms with Crippen molar-refractivity contribution in [2.75, 3.05) is 33.8 Å². The van der Waals surface area contributed by atoms with Crippen LogP contribution in [-0.2, 0) is 6.42 Å². The van der Waals surface area contributed by atoms with Gasteiger partial charge in [-0.05, 0) is 57.0 Å². The summed E-state index contributed by atoms with van der Waals surface area (Å²) in [6, 6.07) is 16.3. The monoisotopic (exact) mass is 446 g/mol. The van der Waals surface area contributed by atoms with Crippen LogP contribution in [0.4, 0.5) is 0 Å². The van der Waals surface area contributed by atoms with Crippen LogP contribution in [0.5, 0.6) is 5.75 Å². The van der Waals surface area contributed by atoms with Gasteiger partial charge in [0.05, 0.1) is 12.7 Å². The number of benzene rings is 1. The van der Waals surface area contributed by atoms with E-state index in [4.69, 9.17) is 4.74 Å². The van der Waals surface area contributed by atoms with Gasteiger partial charge in [-0.25, -0.2) is 0 Å². The van der Waals surface area contributed by atoms with E-state index in [0.29, 0.717) is 0 Å². The van der Waals surface area contributed by atoms with Crippen molar-refractivity contribution in [1.29, 1.82) is 0 Å². The topological polar surface area (TPSA) is 50.6 Å². The van der Waals surface area contributed by atoms with Crippen LogP contribution >= 0.6 is 0 Å². The lowest BCUT2D eigenvalue weighted by atomic mass is 10.0. The number of aromatic nitrogens is 2. The molecule has 1 aliphatic rings. The molecular weight excluding hydrogens is 412 g/mol. The van der Waals surface area contributed by atoms with E-state index < -0.39 is 0 Å². The van der Waals surface area contributed by atoms with E-state index in [1.165, 1.54) is 0 Å². The van der Waals surface area contributed by atoms with Gasteiger partial charge in [0, 0.05) is 74.2 Å². The number of carbonyl (C=O) groups is 1. The molecule has 0 bridgehead atoms. The zero-order valence-electron chi connectivity index (χ0n) is 20.1. The molecule has 6 nitrogen and oxygen atoms in total. The molecule has 4 rings (SSSR count). The van der Waals surface area contributed by atoms with Crippen LogP contribution in [0.25, 0.3) is 5.69 Å². The average Bonchev–Trinajstić information content (AvgIpc) is 3.16. The van der Waals surface area contributed by atoms with Crippen LogP contribution in [0.3, 0.4) is 0 Å². The Bertz CT molecular complexity index is 1080. The summed E-state index contributed by atoms with van der Waals surface area (Å²) in [6.45, 7) is 7.11. The highest BCUT2D eigenvalue weighted by molar-refractivity contribution is 5.96. The minimum absolute atomic E-state index is 0.101. The standard InChI is InChI=1S/C27H34N4O2/c1-20-18-26(21(2)31(20)24-9-7-10-25(19-24)33-4)27(32)29(3)23-12-16-30(17-13-23)15-11-22-8-5-6-14-28-22/h5-10,14,18-19,23H,11-13,15-17H2,1-4H3. The van der Waals surface area contributed by atoms with Crippen molar-refractivity contribution in [2.24, 2.45) is 0 Å². The van der Waals surface area contributed by atoms with Gasteiger partial charge in [0.1, 0.15) is 5.75 Å². The number of pyridine rings is 1. The van der Waals surface area contributed by atoms with Gasteiger partial charge in [-0.1, -0.05) is 12.1 Å². The molecule has 0 N–H and O–H groups in total. The molecule has 33 heavy (non-hydrogen) atoms. The Morgan fingerprint density at radius 3 is 2.61 bits per heavy atom. The van der Waals surface area contributed by atoms with Crippen LogP contribution < -0.4 is 4.74 Å². The van der Waals surface area contributed by atoms with Gasteiger partial charge >= 0.3 is 0 Å². The number of rotatable bonds is 7. The summed E-state index contributed by atoms with van der Waals surface area (Å²) in [7, 11) is 3.62. The molecule has 3 aromatic rings. The van der Waals surface area contributed by atoms with Crippen molar-refractivity contribution in [3.05, 3.63) is 77.4 Å². The predicted molar refractivity (Wildman–Crippen MR) is 131 cm³/mol. The summed E-state index contributed by atoms with van der Waals surface area (Å²) in [5.74, 6) is 0.906. The Kier molecular flexibility index (Phi) is 7.14. The molecule has 1 aliphatic heterocycles. The minimum atomic E-state index is 0.101. The maximum absolute atomic E-state index is 13.4. The molecule has 174 valence electrons. The summed E-state index contributed by atoms with van der Waals surface area (Å²) in [4.78, 5) is 22.3. The lowest BCUT2D eigenvalue weighted by Gasteiger charge is -2.36. The Balaban J connectivity index is 1.39. The van der Waals surface area contributed by atoms with E-state index in [0.717, 1.165) is 73.0 Å². The van der Waals surface area contributed by atoms with Gasteiger partial charge in [0.25, 0.3) is 5.91 Å². The normalized spacial score (nSPS) is 14.9. The van der Waals surface area contributed by atoms with Gasteiger partial charge in [0.15, 0.2) is 0 Å². The molecule has 2 aromatic heterocycles. The second-order valence-electron chi connectivity index (χ2n) is 8.88. The number of ether oxygens (including phenoxy) is 1. The Morgan fingerprint density at radius 2 is 1.91 bits per heavy atom. The van der Waals surface area contributed by atoms with Crippen molar-refractivity contribution in [3.8, 4) is 11.4 Å². The summed E-state index contributed by atoms with van der Waals surface area (Å²) in [6.07, 6.45) is 4.82. The Labute approximate surface area is 196 Å². The second-order valence-corrected chi connectivity index (χ2v) is 8.88. The lowest BCUT2D eigenvalue weighted by molar-refractivity contribution is 0.0642. The van der Waals surface area contributed by atoms with Crippen molar-refractivity contribution >= 4 is 5.91 Å². The molecule has 3 heterocycles. The fraction of sp³-hybridized carbons (Fsp3) is 0.407. The molecule has 0 atom stereocenters. The van der Waals surface area contributed by atoms with Gasteiger partial charge < -0.3 is 19.1 Å². The number of nitrogens with zero attached hydrogens (tertiary/aromatic N) is 4. The highest BCUT2D eigenvalue weighted by Crippen LogP contribution is 2.26. The number of hydrogen-bond acceptors (Lipinski definition) is 4. The largest absolute Gasteiger partial charge is 0.497 e. The van der Waals surface area contributed by atoms with E-state index in [2.05, 4.69) is 20.5 Å². The molecule has 0 aliphatic carbocycles. The lowest BCUT2D eigenvalue weighted by Crippen LogP contribution is -2.46. The molecule has 0 radical (unpaired) electrons. The van der Waals surface area contributed by atoms with Crippen LogP contribution in [-0.4, -0.2) is 65.1 Å². The molecule has 1 saturated heterocycles. The average molecular weight is 447 g/mol. The van der Waals surface area contributed by atoms with E-state index in [1.54, 1.807) is 7.11 Å². The number of amides is 1. The Morgan fingerprint density at radius 1 is 1.12 bits per heavy atom. The van der Waals surface area contributed by atoms with Crippen LogP contribution in [0, 0.1) is 13.8 Å². The van der Waals surface area contributed by atoms with Crippen molar-refractivity contribution in [3.63, 3.8) is 0 Å². The van der Waals surface area contributed by atoms with E-state index >= 15 is 0 Å². The maximum Gasteiger partial charge on any atom is 0.255 e. The summed E-state index contributed by atoms with van der Waals surface area (Å²) < 4.78 is 7.51. The maximum atomic E-state index is 13.4. The molecule has 6 heteroatoms. The second kappa shape index (κ2) is 10.2. The first-order valence-corrected chi connectivity index (χ1v) is 11.7. The quantitative estimate of drug-likeness (QED) is 0.544. The van der Waals surface area contributed by atoms with Gasteiger partial charge in [-0.3, -0.25) is 9.78 Å². The number of methoxy groups -OCH3 is 1. The first kappa shape index (κ1) is 23.1. The first-order chi connectivity index (χ1) is 16.0. The van der Waals surface area contributed by atoms with Gasteiger partial charge in [-0.15, -0.1) is 0 Å². The molecule has 1 amide bonds. The molecule has 1 fully saturated rings. The molecular formula is C27H34N4O2. The minimum Gasteiger partial charge on any atom is -0.497 e. The smallest absolute Gasteiger partial charge is 0.255 e. The number of piperidine rings is 1. The Hall–Kier alpha value is -3.12. The summed E-state index contributed by atoms with van der Waals surface area (Å²) in [5.41, 5.74) is 4.92. The zero-order chi connectivity index (χ0) is 23.4. The van der Waals surface area contributed by atoms with Crippen molar-refractivity contribution in [2.45, 2.75) is 39.2 Å².